The van der Waals surface area contributed by atoms with Crippen LogP contribution in [0.1, 0.15) is 33.1 Å². The van der Waals surface area contributed by atoms with E-state index in [1.54, 1.807) is 6.07 Å². The lowest BCUT2D eigenvalue weighted by Gasteiger charge is -2.22. The lowest BCUT2D eigenvalue weighted by Crippen LogP contribution is -2.30. The summed E-state index contributed by atoms with van der Waals surface area (Å²) in [6, 6.07) is 4.31. The first-order chi connectivity index (χ1) is 8.83. The number of nitrogens with one attached hydrogen (secondary N) is 1. The van der Waals surface area contributed by atoms with Crippen LogP contribution in [0, 0.1) is 16.6 Å². The van der Waals surface area contributed by atoms with Crippen molar-refractivity contribution in [3.05, 3.63) is 29.0 Å². The highest BCUT2D eigenvalue weighted by Crippen LogP contribution is 2.24. The molecule has 19 heavy (non-hydrogen) atoms. The number of unbranched alkanes of at least 4 members (excludes halogenated alkanes) is 1. The van der Waals surface area contributed by atoms with Crippen molar-refractivity contribution < 1.29 is 9.13 Å². The number of rotatable bonds is 7. The number of halogens is 2. The van der Waals surface area contributed by atoms with Gasteiger partial charge in [-0.25, -0.2) is 4.39 Å². The summed E-state index contributed by atoms with van der Waals surface area (Å²) in [7, 11) is 0. The Labute approximate surface area is 118 Å². The van der Waals surface area contributed by atoms with E-state index in [0.717, 1.165) is 19.3 Å². The molecular weight excluding hydrogens is 267 g/mol. The summed E-state index contributed by atoms with van der Waals surface area (Å²) >= 11 is 5.66. The van der Waals surface area contributed by atoms with Crippen LogP contribution < -0.4 is 10.5 Å². The standard InChI is InChI=1S/C14H20ClFN2O/c1-14(2,13(17)18)7-3-4-8-19-10-5-6-12(16)11(15)9-10/h5-6,9H,3-4,7-8H2,1-2H3,(H3,17,18). The van der Waals surface area contributed by atoms with Crippen LogP contribution in [0.3, 0.4) is 0 Å². The molecule has 0 heterocycles. The van der Waals surface area contributed by atoms with E-state index < -0.39 is 5.82 Å². The van der Waals surface area contributed by atoms with Gasteiger partial charge in [0.05, 0.1) is 17.5 Å². The second-order valence-electron chi connectivity index (χ2n) is 5.18. The highest BCUT2D eigenvalue weighted by atomic mass is 35.5. The Morgan fingerprint density at radius 2 is 2.11 bits per heavy atom. The van der Waals surface area contributed by atoms with Crippen molar-refractivity contribution in [1.29, 1.82) is 5.41 Å². The van der Waals surface area contributed by atoms with Crippen LogP contribution in [-0.2, 0) is 0 Å². The molecule has 0 saturated carbocycles. The van der Waals surface area contributed by atoms with Crippen LogP contribution in [0.15, 0.2) is 18.2 Å². The molecule has 0 bridgehead atoms. The average molecular weight is 287 g/mol. The molecule has 0 aliphatic rings. The second kappa shape index (κ2) is 6.75. The number of amidine groups is 1. The van der Waals surface area contributed by atoms with Gasteiger partial charge < -0.3 is 10.5 Å². The summed E-state index contributed by atoms with van der Waals surface area (Å²) in [4.78, 5) is 0. The van der Waals surface area contributed by atoms with Crippen LogP contribution in [0.2, 0.25) is 5.02 Å². The van der Waals surface area contributed by atoms with E-state index in [1.807, 2.05) is 13.8 Å². The summed E-state index contributed by atoms with van der Waals surface area (Å²) in [5.74, 6) is 0.327. The Balaban J connectivity index is 2.28. The molecule has 0 amide bonds. The monoisotopic (exact) mass is 286 g/mol. The highest BCUT2D eigenvalue weighted by molar-refractivity contribution is 6.30. The molecule has 0 radical (unpaired) electrons. The van der Waals surface area contributed by atoms with Gasteiger partial charge in [-0.2, -0.15) is 0 Å². The van der Waals surface area contributed by atoms with Crippen molar-refractivity contribution in [1.82, 2.24) is 0 Å². The molecule has 3 nitrogen and oxygen atoms in total. The molecule has 0 aliphatic carbocycles. The Kier molecular flexibility index (Phi) is 5.60. The molecule has 0 aromatic heterocycles. The predicted octanol–water partition coefficient (Wildman–Crippen LogP) is 3.99. The smallest absolute Gasteiger partial charge is 0.142 e. The van der Waals surface area contributed by atoms with Crippen LogP contribution in [0.5, 0.6) is 5.75 Å². The SMILES string of the molecule is CC(C)(CCCCOc1ccc(F)c(Cl)c1)C(=N)N. The Morgan fingerprint density at radius 1 is 1.42 bits per heavy atom. The number of nitrogens with two attached hydrogens (primary N) is 1. The molecule has 0 atom stereocenters. The molecule has 0 unspecified atom stereocenters. The second-order valence-corrected chi connectivity index (χ2v) is 5.59. The van der Waals surface area contributed by atoms with Crippen molar-refractivity contribution >= 4 is 17.4 Å². The van der Waals surface area contributed by atoms with E-state index in [1.165, 1.54) is 12.1 Å². The third-order valence-electron chi connectivity index (χ3n) is 3.09. The van der Waals surface area contributed by atoms with E-state index >= 15 is 0 Å². The van der Waals surface area contributed by atoms with Crippen molar-refractivity contribution in [2.45, 2.75) is 33.1 Å². The van der Waals surface area contributed by atoms with Gasteiger partial charge in [0, 0.05) is 11.5 Å². The molecule has 0 aliphatic heterocycles. The van der Waals surface area contributed by atoms with Gasteiger partial charge >= 0.3 is 0 Å². The quantitative estimate of drug-likeness (QED) is 0.452. The van der Waals surface area contributed by atoms with Crippen LogP contribution in [0.25, 0.3) is 0 Å². The Bertz CT molecular complexity index is 449. The summed E-state index contributed by atoms with van der Waals surface area (Å²) < 4.78 is 18.4. The number of hydrogen-bond acceptors (Lipinski definition) is 2. The number of ether oxygens (including phenoxy) is 1. The summed E-state index contributed by atoms with van der Waals surface area (Å²) in [6.45, 7) is 4.45. The molecule has 1 rings (SSSR count). The molecule has 1 aromatic carbocycles. The fourth-order valence-electron chi connectivity index (χ4n) is 1.56. The van der Waals surface area contributed by atoms with Gasteiger partial charge in [0.25, 0.3) is 0 Å². The Hall–Kier alpha value is -1.29. The first-order valence-electron chi connectivity index (χ1n) is 6.25. The zero-order valence-electron chi connectivity index (χ0n) is 11.3. The van der Waals surface area contributed by atoms with E-state index in [0.29, 0.717) is 12.4 Å². The molecule has 0 fully saturated rings. The van der Waals surface area contributed by atoms with Gasteiger partial charge in [-0.15, -0.1) is 0 Å². The van der Waals surface area contributed by atoms with Gasteiger partial charge in [-0.3, -0.25) is 5.41 Å². The van der Waals surface area contributed by atoms with Gasteiger partial charge in [0.2, 0.25) is 0 Å². The van der Waals surface area contributed by atoms with Gasteiger partial charge in [0.15, 0.2) is 0 Å². The molecule has 5 heteroatoms. The summed E-state index contributed by atoms with van der Waals surface area (Å²) in [5.41, 5.74) is 5.24. The number of hydrogen-bond donors (Lipinski definition) is 2. The van der Waals surface area contributed by atoms with Gasteiger partial charge in [-0.1, -0.05) is 25.4 Å². The fourth-order valence-corrected chi connectivity index (χ4v) is 1.73. The maximum absolute atomic E-state index is 12.9. The third kappa shape index (κ3) is 5.07. The average Bonchev–Trinajstić information content (AvgIpc) is 2.33. The van der Waals surface area contributed by atoms with Gasteiger partial charge in [0.1, 0.15) is 11.6 Å². The van der Waals surface area contributed by atoms with Gasteiger partial charge in [-0.05, 0) is 31.4 Å². The zero-order valence-corrected chi connectivity index (χ0v) is 12.1. The summed E-state index contributed by atoms with van der Waals surface area (Å²) in [5, 5.41) is 7.52. The minimum absolute atomic E-state index is 0.0650. The third-order valence-corrected chi connectivity index (χ3v) is 3.37. The van der Waals surface area contributed by atoms with Crippen LogP contribution >= 0.6 is 11.6 Å². The molecule has 106 valence electrons. The minimum Gasteiger partial charge on any atom is -0.494 e. The van der Waals surface area contributed by atoms with Crippen molar-refractivity contribution in [2.24, 2.45) is 11.1 Å². The van der Waals surface area contributed by atoms with Crippen molar-refractivity contribution in [3.8, 4) is 5.75 Å². The molecule has 0 spiro atoms. The lowest BCUT2D eigenvalue weighted by molar-refractivity contribution is 0.296. The van der Waals surface area contributed by atoms with Crippen LogP contribution in [0.4, 0.5) is 4.39 Å². The predicted molar refractivity (Wildman–Crippen MR) is 76.5 cm³/mol. The van der Waals surface area contributed by atoms with E-state index in [9.17, 15) is 4.39 Å². The fraction of sp³-hybridized carbons (Fsp3) is 0.500. The Morgan fingerprint density at radius 3 is 2.68 bits per heavy atom. The largest absolute Gasteiger partial charge is 0.494 e. The lowest BCUT2D eigenvalue weighted by atomic mass is 9.86. The maximum Gasteiger partial charge on any atom is 0.142 e. The van der Waals surface area contributed by atoms with Crippen LogP contribution in [-0.4, -0.2) is 12.4 Å². The van der Waals surface area contributed by atoms with E-state index in [-0.39, 0.29) is 16.3 Å². The molecule has 1 aromatic rings. The number of benzene rings is 1. The summed E-state index contributed by atoms with van der Waals surface area (Å²) in [6.07, 6.45) is 2.61. The maximum atomic E-state index is 12.9. The zero-order chi connectivity index (χ0) is 14.5. The first kappa shape index (κ1) is 15.8. The first-order valence-corrected chi connectivity index (χ1v) is 6.63. The van der Waals surface area contributed by atoms with E-state index in [2.05, 4.69) is 0 Å². The minimum atomic E-state index is -0.447. The normalized spacial score (nSPS) is 11.4. The van der Waals surface area contributed by atoms with Crippen molar-refractivity contribution in [3.63, 3.8) is 0 Å². The highest BCUT2D eigenvalue weighted by Gasteiger charge is 2.20. The van der Waals surface area contributed by atoms with Crippen molar-refractivity contribution in [2.75, 3.05) is 6.61 Å². The molecule has 0 saturated heterocycles. The molecular formula is C14H20ClFN2O. The van der Waals surface area contributed by atoms with E-state index in [4.69, 9.17) is 27.5 Å². The topological polar surface area (TPSA) is 59.1 Å². The molecule has 3 N–H and O–H groups in total.